The highest BCUT2D eigenvalue weighted by atomic mass is 19.1. The van der Waals surface area contributed by atoms with Crippen molar-refractivity contribution in [3.8, 4) is 28.7 Å². The highest BCUT2D eigenvalue weighted by Gasteiger charge is 2.15. The van der Waals surface area contributed by atoms with Gasteiger partial charge in [-0.3, -0.25) is 9.59 Å². The number of aromatic nitrogens is 4. The molecule has 2 heterocycles. The van der Waals surface area contributed by atoms with Crippen LogP contribution in [0.1, 0.15) is 0 Å². The lowest BCUT2D eigenvalue weighted by Crippen LogP contribution is -2.29. The van der Waals surface area contributed by atoms with E-state index in [1.165, 1.54) is 43.5 Å². The molecule has 1 N–H and O–H groups in total. The van der Waals surface area contributed by atoms with Gasteiger partial charge in [-0.05, 0) is 42.5 Å². The minimum atomic E-state index is -0.475. The zero-order valence-corrected chi connectivity index (χ0v) is 16.3. The van der Waals surface area contributed by atoms with Gasteiger partial charge >= 0.3 is 0 Å². The van der Waals surface area contributed by atoms with E-state index in [1.807, 2.05) is 0 Å². The third-order valence-electron chi connectivity index (χ3n) is 4.29. The van der Waals surface area contributed by atoms with E-state index >= 15 is 0 Å². The lowest BCUT2D eigenvalue weighted by Gasteiger charge is -2.10. The Hall–Kier alpha value is -4.34. The Kier molecular flexibility index (Phi) is 5.52. The van der Waals surface area contributed by atoms with Crippen molar-refractivity contribution in [2.75, 3.05) is 12.4 Å². The van der Waals surface area contributed by atoms with Gasteiger partial charge < -0.3 is 14.6 Å². The van der Waals surface area contributed by atoms with Crippen LogP contribution in [-0.4, -0.2) is 32.9 Å². The maximum Gasteiger partial charge on any atom is 0.278 e. The summed E-state index contributed by atoms with van der Waals surface area (Å²) >= 11 is 0. The Labute approximate surface area is 175 Å². The quantitative estimate of drug-likeness (QED) is 0.509. The first-order chi connectivity index (χ1) is 15.0. The fourth-order valence-electron chi connectivity index (χ4n) is 2.79. The molecule has 0 saturated heterocycles. The third kappa shape index (κ3) is 4.47. The highest BCUT2D eigenvalue weighted by molar-refractivity contribution is 5.92. The van der Waals surface area contributed by atoms with Crippen LogP contribution in [-0.2, 0) is 11.3 Å². The predicted molar refractivity (Wildman–Crippen MR) is 109 cm³/mol. The summed E-state index contributed by atoms with van der Waals surface area (Å²) < 4.78 is 24.5. The lowest BCUT2D eigenvalue weighted by atomic mass is 10.2. The molecule has 4 rings (SSSR count). The molecule has 0 unspecified atom stereocenters. The molecule has 0 radical (unpaired) electrons. The number of carbonyl (C=O) groups is 1. The number of benzene rings is 2. The largest absolute Gasteiger partial charge is 0.495 e. The number of rotatable bonds is 6. The number of ether oxygens (including phenoxy) is 1. The van der Waals surface area contributed by atoms with E-state index in [2.05, 4.69) is 20.6 Å². The van der Waals surface area contributed by atoms with Gasteiger partial charge in [0, 0.05) is 11.6 Å². The smallest absolute Gasteiger partial charge is 0.278 e. The van der Waals surface area contributed by atoms with Crippen LogP contribution in [0.3, 0.4) is 0 Å². The Morgan fingerprint density at radius 2 is 1.90 bits per heavy atom. The van der Waals surface area contributed by atoms with Gasteiger partial charge in [0.05, 0.1) is 12.8 Å². The first-order valence-electron chi connectivity index (χ1n) is 9.14. The van der Waals surface area contributed by atoms with Gasteiger partial charge in [-0.1, -0.05) is 17.3 Å². The SMILES string of the molecule is COc1ccccc1NC(=O)Cn1nc(-c2nc(-c3ccc(F)cc3)no2)ccc1=O. The molecule has 156 valence electrons. The van der Waals surface area contributed by atoms with Crippen LogP contribution in [0.4, 0.5) is 10.1 Å². The zero-order valence-electron chi connectivity index (χ0n) is 16.3. The summed E-state index contributed by atoms with van der Waals surface area (Å²) in [5.41, 5.74) is 0.767. The molecule has 0 aliphatic heterocycles. The lowest BCUT2D eigenvalue weighted by molar-refractivity contribution is -0.117. The number of para-hydroxylation sites is 2. The van der Waals surface area contributed by atoms with Crippen molar-refractivity contribution in [2.24, 2.45) is 0 Å². The molecular weight excluding hydrogens is 405 g/mol. The van der Waals surface area contributed by atoms with E-state index < -0.39 is 11.5 Å². The maximum absolute atomic E-state index is 13.1. The second kappa shape index (κ2) is 8.57. The normalized spacial score (nSPS) is 10.6. The first-order valence-corrected chi connectivity index (χ1v) is 9.14. The number of hydrogen-bond donors (Lipinski definition) is 1. The van der Waals surface area contributed by atoms with Crippen molar-refractivity contribution in [1.82, 2.24) is 19.9 Å². The molecule has 0 saturated carbocycles. The van der Waals surface area contributed by atoms with Gasteiger partial charge in [0.1, 0.15) is 23.8 Å². The van der Waals surface area contributed by atoms with E-state index in [-0.39, 0.29) is 29.8 Å². The third-order valence-corrected chi connectivity index (χ3v) is 4.29. The van der Waals surface area contributed by atoms with E-state index in [0.717, 1.165) is 4.68 Å². The summed E-state index contributed by atoms with van der Waals surface area (Å²) in [4.78, 5) is 28.8. The van der Waals surface area contributed by atoms with Crippen molar-refractivity contribution < 1.29 is 18.4 Å². The number of amides is 1. The summed E-state index contributed by atoms with van der Waals surface area (Å²) in [5, 5.41) is 10.7. The van der Waals surface area contributed by atoms with Crippen LogP contribution in [0.5, 0.6) is 5.75 Å². The fraction of sp³-hybridized carbons (Fsp3) is 0.0952. The minimum Gasteiger partial charge on any atom is -0.495 e. The average molecular weight is 421 g/mol. The van der Waals surface area contributed by atoms with Gasteiger partial charge in [-0.25, -0.2) is 9.07 Å². The molecule has 1 amide bonds. The second-order valence-corrected chi connectivity index (χ2v) is 6.39. The molecule has 0 bridgehead atoms. The molecule has 0 aliphatic rings. The summed E-state index contributed by atoms with van der Waals surface area (Å²) in [7, 11) is 1.49. The zero-order chi connectivity index (χ0) is 21.8. The molecule has 0 spiro atoms. The van der Waals surface area contributed by atoms with Gasteiger partial charge in [-0.15, -0.1) is 0 Å². The number of hydrogen-bond acceptors (Lipinski definition) is 7. The number of anilines is 1. The number of nitrogens with zero attached hydrogens (tertiary/aromatic N) is 4. The Bertz CT molecular complexity index is 1280. The van der Waals surface area contributed by atoms with Crippen LogP contribution >= 0.6 is 0 Å². The molecule has 4 aromatic rings. The van der Waals surface area contributed by atoms with Gasteiger partial charge in [0.15, 0.2) is 0 Å². The topological polar surface area (TPSA) is 112 Å². The number of carbonyl (C=O) groups excluding carboxylic acids is 1. The van der Waals surface area contributed by atoms with Crippen LogP contribution in [0, 0.1) is 5.82 Å². The van der Waals surface area contributed by atoms with Gasteiger partial charge in [-0.2, -0.15) is 10.1 Å². The Balaban J connectivity index is 1.54. The number of methoxy groups -OCH3 is 1. The molecule has 0 atom stereocenters. The predicted octanol–water partition coefficient (Wildman–Crippen LogP) is 2.75. The number of nitrogens with one attached hydrogen (secondary N) is 1. The van der Waals surface area contributed by atoms with Crippen LogP contribution in [0.25, 0.3) is 23.0 Å². The summed E-state index contributed by atoms with van der Waals surface area (Å²) in [6, 6.07) is 15.2. The van der Waals surface area contributed by atoms with Crippen LogP contribution in [0.2, 0.25) is 0 Å². The average Bonchev–Trinajstić information content (AvgIpc) is 3.26. The minimum absolute atomic E-state index is 0.0539. The Morgan fingerprint density at radius 1 is 1.13 bits per heavy atom. The highest BCUT2D eigenvalue weighted by Crippen LogP contribution is 2.23. The van der Waals surface area contributed by atoms with Crippen molar-refractivity contribution in [3.63, 3.8) is 0 Å². The maximum atomic E-state index is 13.1. The van der Waals surface area contributed by atoms with Crippen LogP contribution < -0.4 is 15.6 Å². The molecule has 0 fully saturated rings. The molecule has 2 aromatic heterocycles. The van der Waals surface area contributed by atoms with Crippen molar-refractivity contribution in [3.05, 3.63) is 76.8 Å². The van der Waals surface area contributed by atoms with E-state index in [9.17, 15) is 14.0 Å². The first kappa shape index (κ1) is 20.0. The molecule has 9 nitrogen and oxygen atoms in total. The molecule has 10 heteroatoms. The summed E-state index contributed by atoms with van der Waals surface area (Å²) in [6.45, 7) is -0.330. The second-order valence-electron chi connectivity index (χ2n) is 6.39. The van der Waals surface area contributed by atoms with E-state index in [0.29, 0.717) is 17.0 Å². The monoisotopic (exact) mass is 421 g/mol. The van der Waals surface area contributed by atoms with Gasteiger partial charge in [0.25, 0.3) is 11.4 Å². The molecule has 0 aliphatic carbocycles. The van der Waals surface area contributed by atoms with Crippen molar-refractivity contribution >= 4 is 11.6 Å². The summed E-state index contributed by atoms with van der Waals surface area (Å²) in [6.07, 6.45) is 0. The summed E-state index contributed by atoms with van der Waals surface area (Å²) in [5.74, 6) is -0.0628. The molecular formula is C21H16FN5O4. The van der Waals surface area contributed by atoms with Crippen LogP contribution in [0.15, 0.2) is 70.0 Å². The van der Waals surface area contributed by atoms with E-state index in [4.69, 9.17) is 9.26 Å². The van der Waals surface area contributed by atoms with Crippen molar-refractivity contribution in [1.29, 1.82) is 0 Å². The Morgan fingerprint density at radius 3 is 2.68 bits per heavy atom. The molecule has 2 aromatic carbocycles. The molecule has 31 heavy (non-hydrogen) atoms. The standard InChI is InChI=1S/C21H16FN5O4/c1-30-17-5-3-2-4-15(17)23-18(28)12-27-19(29)11-10-16(25-27)21-24-20(26-31-21)13-6-8-14(22)9-7-13/h2-11H,12H2,1H3,(H,23,28). The van der Waals surface area contributed by atoms with Gasteiger partial charge in [0.2, 0.25) is 11.7 Å². The van der Waals surface area contributed by atoms with Crippen molar-refractivity contribution in [2.45, 2.75) is 6.54 Å². The number of halogens is 1. The fourth-order valence-corrected chi connectivity index (χ4v) is 2.79. The van der Waals surface area contributed by atoms with E-state index in [1.54, 1.807) is 24.3 Å².